The maximum Gasteiger partial charge on any atom is 0.345 e. The van der Waals surface area contributed by atoms with E-state index in [-0.39, 0.29) is 11.1 Å². The lowest BCUT2D eigenvalue weighted by Crippen LogP contribution is -2.54. The van der Waals surface area contributed by atoms with Gasteiger partial charge >= 0.3 is 5.69 Å². The molecule has 1 amide bonds. The van der Waals surface area contributed by atoms with Crippen LogP contribution in [-0.4, -0.2) is 50.8 Å². The third-order valence-electron chi connectivity index (χ3n) is 5.84. The number of carbonyl (C=O) groups excluding carboxylic acids is 1. The van der Waals surface area contributed by atoms with Gasteiger partial charge in [-0.3, -0.25) is 9.48 Å². The number of aromatic nitrogens is 4. The number of amides is 1. The van der Waals surface area contributed by atoms with Crippen molar-refractivity contribution in [3.63, 3.8) is 0 Å². The molecule has 33 heavy (non-hydrogen) atoms. The Hall–Kier alpha value is -3.79. The van der Waals surface area contributed by atoms with Crippen LogP contribution in [0.15, 0.2) is 41.5 Å². The van der Waals surface area contributed by atoms with Gasteiger partial charge in [0.1, 0.15) is 5.52 Å². The van der Waals surface area contributed by atoms with Crippen molar-refractivity contribution in [2.24, 2.45) is 7.05 Å². The highest BCUT2D eigenvalue weighted by molar-refractivity contribution is 6.14. The van der Waals surface area contributed by atoms with Gasteiger partial charge in [0.05, 0.1) is 11.1 Å². The van der Waals surface area contributed by atoms with E-state index in [0.717, 1.165) is 18.8 Å². The van der Waals surface area contributed by atoms with Gasteiger partial charge in [-0.15, -0.1) is 0 Å². The van der Waals surface area contributed by atoms with Gasteiger partial charge in [0.25, 0.3) is 5.91 Å². The summed E-state index contributed by atoms with van der Waals surface area (Å²) < 4.78 is 16.0. The number of nitrogens with one attached hydrogen (secondary N) is 3. The Morgan fingerprint density at radius 2 is 1.97 bits per heavy atom. The number of aromatic amines is 1. The summed E-state index contributed by atoms with van der Waals surface area (Å²) in [5.74, 6) is -0.985. The van der Waals surface area contributed by atoms with Crippen LogP contribution in [0.25, 0.3) is 21.8 Å². The molecular weight excluding hydrogens is 425 g/mol. The van der Waals surface area contributed by atoms with Crippen molar-refractivity contribution in [2.45, 2.75) is 25.9 Å². The van der Waals surface area contributed by atoms with E-state index in [1.165, 1.54) is 16.9 Å². The van der Waals surface area contributed by atoms with E-state index >= 15 is 0 Å². The molecule has 9 nitrogen and oxygen atoms in total. The van der Waals surface area contributed by atoms with E-state index in [1.807, 2.05) is 6.07 Å². The van der Waals surface area contributed by atoms with Crippen molar-refractivity contribution in [3.05, 3.63) is 58.5 Å². The third-order valence-corrected chi connectivity index (χ3v) is 5.84. The molecule has 1 saturated heterocycles. The summed E-state index contributed by atoms with van der Waals surface area (Å²) in [6, 6.07) is 7.02. The first-order chi connectivity index (χ1) is 15.8. The highest BCUT2D eigenvalue weighted by Gasteiger charge is 2.24. The Morgan fingerprint density at radius 1 is 1.21 bits per heavy atom. The largest absolute Gasteiger partial charge is 0.368 e. The number of hydrogen-bond acceptors (Lipinski definition) is 6. The van der Waals surface area contributed by atoms with Gasteiger partial charge in [0, 0.05) is 66.8 Å². The minimum atomic E-state index is -0.543. The molecule has 2 atom stereocenters. The lowest BCUT2D eigenvalue weighted by molar-refractivity contribution is 0.102. The van der Waals surface area contributed by atoms with Crippen LogP contribution < -0.4 is 21.2 Å². The van der Waals surface area contributed by atoms with Crippen molar-refractivity contribution < 1.29 is 9.18 Å². The fraction of sp³-hybridized carbons (Fsp3) is 0.304. The van der Waals surface area contributed by atoms with Crippen LogP contribution in [0.1, 0.15) is 24.2 Å². The molecule has 0 radical (unpaired) electrons. The summed E-state index contributed by atoms with van der Waals surface area (Å²) in [6.45, 7) is 5.80. The first-order valence-electron chi connectivity index (χ1n) is 10.8. The van der Waals surface area contributed by atoms with Crippen molar-refractivity contribution in [1.82, 2.24) is 25.1 Å². The molecule has 0 unspecified atom stereocenters. The second-order valence-electron chi connectivity index (χ2n) is 8.64. The Kier molecular flexibility index (Phi) is 5.09. The van der Waals surface area contributed by atoms with E-state index < -0.39 is 17.4 Å². The molecule has 4 aromatic rings. The quantitative estimate of drug-likeness (QED) is 0.443. The molecule has 2 aromatic carbocycles. The molecule has 0 bridgehead atoms. The Bertz CT molecular complexity index is 1430. The molecule has 0 spiro atoms. The summed E-state index contributed by atoms with van der Waals surface area (Å²) >= 11 is 0. The van der Waals surface area contributed by atoms with Crippen molar-refractivity contribution in [3.8, 4) is 0 Å². The molecule has 0 aliphatic carbocycles. The van der Waals surface area contributed by atoms with E-state index in [4.69, 9.17) is 0 Å². The smallest absolute Gasteiger partial charge is 0.345 e. The van der Waals surface area contributed by atoms with Crippen LogP contribution in [0.5, 0.6) is 0 Å². The van der Waals surface area contributed by atoms with E-state index in [9.17, 15) is 14.0 Å². The molecule has 3 heterocycles. The highest BCUT2D eigenvalue weighted by atomic mass is 19.1. The zero-order valence-corrected chi connectivity index (χ0v) is 18.5. The van der Waals surface area contributed by atoms with Gasteiger partial charge in [0.15, 0.2) is 5.82 Å². The van der Waals surface area contributed by atoms with Crippen molar-refractivity contribution in [1.29, 1.82) is 0 Å². The minimum absolute atomic E-state index is 0.236. The van der Waals surface area contributed by atoms with Gasteiger partial charge in [-0.1, -0.05) is 0 Å². The lowest BCUT2D eigenvalue weighted by atomic mass is 10.0. The monoisotopic (exact) mass is 449 g/mol. The number of fused-ring (bicyclic) bond motifs is 2. The number of H-pyrrole nitrogens is 1. The number of benzene rings is 2. The molecule has 1 aliphatic heterocycles. The summed E-state index contributed by atoms with van der Waals surface area (Å²) in [5.41, 5.74) is 1.56. The fourth-order valence-electron chi connectivity index (χ4n) is 4.61. The second kappa shape index (κ2) is 7.96. The molecule has 2 aromatic heterocycles. The van der Waals surface area contributed by atoms with Gasteiger partial charge in [-0.2, -0.15) is 5.10 Å². The number of aryl methyl sites for hydroxylation is 1. The summed E-state index contributed by atoms with van der Waals surface area (Å²) in [7, 11) is 1.70. The van der Waals surface area contributed by atoms with Crippen LogP contribution >= 0.6 is 0 Å². The number of carbonyl (C=O) groups is 1. The standard InChI is InChI=1S/C23H24FN7O2/c1-12-9-31(10-13(2)26-12)19-5-4-16(21-17(19)8-25-23(33)28-21)22(32)27-15-6-14-11-30(3)29-20(14)18(24)7-15/h4-8,11-13,26H,9-10H2,1-3H3,(H,27,32)(H,25,28,33)/t12-,13+. The van der Waals surface area contributed by atoms with Crippen LogP contribution in [0.3, 0.4) is 0 Å². The highest BCUT2D eigenvalue weighted by Crippen LogP contribution is 2.29. The number of rotatable bonds is 3. The van der Waals surface area contributed by atoms with Gasteiger partial charge in [0.2, 0.25) is 0 Å². The predicted molar refractivity (Wildman–Crippen MR) is 125 cm³/mol. The number of nitrogens with zero attached hydrogens (tertiary/aromatic N) is 4. The van der Waals surface area contributed by atoms with Crippen molar-refractivity contribution >= 4 is 39.1 Å². The molecule has 10 heteroatoms. The van der Waals surface area contributed by atoms with Gasteiger partial charge in [-0.25, -0.2) is 14.2 Å². The van der Waals surface area contributed by atoms with Crippen LogP contribution in [0.4, 0.5) is 15.8 Å². The average Bonchev–Trinajstić information content (AvgIpc) is 3.12. The predicted octanol–water partition coefficient (Wildman–Crippen LogP) is 2.39. The SMILES string of the molecule is C[C@@H]1CN(c2ccc(C(=O)Nc3cc(F)c4nn(C)cc4c3)c3[nH]c(=O)ncc23)C[C@H](C)N1. The number of halogens is 1. The van der Waals surface area contributed by atoms with Crippen LogP contribution in [-0.2, 0) is 7.05 Å². The van der Waals surface area contributed by atoms with Crippen molar-refractivity contribution in [2.75, 3.05) is 23.3 Å². The van der Waals surface area contributed by atoms with Crippen LogP contribution in [0.2, 0.25) is 0 Å². The molecule has 170 valence electrons. The summed E-state index contributed by atoms with van der Waals surface area (Å²) in [6.07, 6.45) is 3.18. The second-order valence-corrected chi connectivity index (χ2v) is 8.64. The minimum Gasteiger partial charge on any atom is -0.368 e. The average molecular weight is 449 g/mol. The Balaban J connectivity index is 1.54. The van der Waals surface area contributed by atoms with Gasteiger partial charge < -0.3 is 20.5 Å². The Morgan fingerprint density at radius 3 is 2.73 bits per heavy atom. The number of piperazine rings is 1. The number of anilines is 2. The zero-order valence-electron chi connectivity index (χ0n) is 18.5. The number of hydrogen-bond donors (Lipinski definition) is 3. The third kappa shape index (κ3) is 3.93. The normalized spacial score (nSPS) is 18.7. The Labute approximate surface area is 188 Å². The molecular formula is C23H24FN7O2. The van der Waals surface area contributed by atoms with Crippen LogP contribution in [0, 0.1) is 5.82 Å². The molecule has 5 rings (SSSR count). The first kappa shape index (κ1) is 21.1. The van der Waals surface area contributed by atoms with E-state index in [0.29, 0.717) is 34.1 Å². The summed E-state index contributed by atoms with van der Waals surface area (Å²) in [5, 5.41) is 11.6. The zero-order chi connectivity index (χ0) is 23.3. The molecule has 0 saturated carbocycles. The topological polar surface area (TPSA) is 108 Å². The maximum absolute atomic E-state index is 14.4. The molecule has 1 aliphatic rings. The fourth-order valence-corrected chi connectivity index (χ4v) is 4.61. The lowest BCUT2D eigenvalue weighted by Gasteiger charge is -2.38. The van der Waals surface area contributed by atoms with E-state index in [2.05, 4.69) is 44.4 Å². The first-order valence-corrected chi connectivity index (χ1v) is 10.8. The summed E-state index contributed by atoms with van der Waals surface area (Å²) in [4.78, 5) is 34.0. The van der Waals surface area contributed by atoms with E-state index in [1.54, 1.807) is 25.4 Å². The maximum atomic E-state index is 14.4. The molecule has 1 fully saturated rings. The molecule has 3 N–H and O–H groups in total. The van der Waals surface area contributed by atoms with Gasteiger partial charge in [-0.05, 0) is 38.1 Å².